The highest BCUT2D eigenvalue weighted by Gasteiger charge is 2.17. The Morgan fingerprint density at radius 3 is 2.57 bits per heavy atom. The molecule has 7 nitrogen and oxygen atoms in total. The zero-order valence-corrected chi connectivity index (χ0v) is 12.7. The van der Waals surface area contributed by atoms with Gasteiger partial charge in [0.05, 0.1) is 5.69 Å². The average Bonchev–Trinajstić information content (AvgIpc) is 2.50. The van der Waals surface area contributed by atoms with E-state index in [1.165, 1.54) is 18.7 Å². The Morgan fingerprint density at radius 2 is 2.00 bits per heavy atom. The average molecular weight is 311 g/mol. The van der Waals surface area contributed by atoms with E-state index in [4.69, 9.17) is 11.6 Å². The van der Waals surface area contributed by atoms with Crippen LogP contribution >= 0.6 is 11.6 Å². The quantitative estimate of drug-likeness (QED) is 0.830. The van der Waals surface area contributed by atoms with Crippen molar-refractivity contribution in [1.29, 1.82) is 0 Å². The van der Waals surface area contributed by atoms with E-state index in [2.05, 4.69) is 10.3 Å². The molecule has 0 bridgehead atoms. The summed E-state index contributed by atoms with van der Waals surface area (Å²) in [4.78, 5) is 40.1. The van der Waals surface area contributed by atoms with Crippen LogP contribution in [0, 0.1) is 0 Å². The number of halogens is 1. The number of aryl methyl sites for hydroxylation is 2. The van der Waals surface area contributed by atoms with Crippen molar-refractivity contribution < 1.29 is 4.79 Å². The molecule has 0 aliphatic rings. The Kier molecular flexibility index (Phi) is 4.13. The summed E-state index contributed by atoms with van der Waals surface area (Å²) in [6.45, 7) is 1.88. The summed E-state index contributed by atoms with van der Waals surface area (Å²) in [5.41, 5.74) is 0.325. The van der Waals surface area contributed by atoms with Crippen molar-refractivity contribution in [1.82, 2.24) is 14.1 Å². The van der Waals surface area contributed by atoms with E-state index < -0.39 is 17.2 Å². The predicted octanol–water partition coefficient (Wildman–Crippen LogP) is 0.372. The largest absolute Gasteiger partial charge is 0.332 e. The molecule has 0 atom stereocenters. The van der Waals surface area contributed by atoms with Crippen LogP contribution in [0.5, 0.6) is 0 Å². The molecule has 2 aromatic heterocycles. The van der Waals surface area contributed by atoms with Crippen molar-refractivity contribution in [3.8, 4) is 0 Å². The van der Waals surface area contributed by atoms with Gasteiger partial charge in [0.1, 0.15) is 11.3 Å². The Morgan fingerprint density at radius 1 is 1.33 bits per heavy atom. The molecule has 21 heavy (non-hydrogen) atoms. The van der Waals surface area contributed by atoms with Crippen LogP contribution in [0.15, 0.2) is 15.8 Å². The molecule has 0 saturated heterocycles. The normalized spacial score (nSPS) is 10.9. The van der Waals surface area contributed by atoms with Crippen LogP contribution in [-0.4, -0.2) is 25.9 Å². The van der Waals surface area contributed by atoms with Crippen LogP contribution < -0.4 is 16.6 Å². The molecule has 2 rings (SSSR count). The number of anilines is 1. The number of hydrogen-bond donors (Lipinski definition) is 1. The molecule has 1 amide bonds. The van der Waals surface area contributed by atoms with Gasteiger partial charge in [0.15, 0.2) is 5.65 Å². The number of nitrogens with zero attached hydrogens (tertiary/aromatic N) is 3. The molecule has 0 unspecified atom stereocenters. The fraction of sp³-hybridized carbons (Fsp3) is 0.385. The van der Waals surface area contributed by atoms with Crippen molar-refractivity contribution in [2.45, 2.75) is 13.3 Å². The zero-order valence-electron chi connectivity index (χ0n) is 11.9. The first kappa shape index (κ1) is 15.2. The second-order valence-corrected chi connectivity index (χ2v) is 4.87. The number of amides is 1. The zero-order chi connectivity index (χ0) is 15.7. The number of aromatic nitrogens is 3. The minimum atomic E-state index is -0.499. The van der Waals surface area contributed by atoms with Crippen LogP contribution in [0.3, 0.4) is 0 Å². The molecule has 1 N–H and O–H groups in total. The van der Waals surface area contributed by atoms with E-state index in [0.29, 0.717) is 17.7 Å². The van der Waals surface area contributed by atoms with Gasteiger partial charge in [-0.3, -0.25) is 18.7 Å². The topological polar surface area (TPSA) is 86.0 Å². The van der Waals surface area contributed by atoms with Crippen LogP contribution in [0.1, 0.15) is 12.5 Å². The van der Waals surface area contributed by atoms with Gasteiger partial charge in [0.25, 0.3) is 5.56 Å². The van der Waals surface area contributed by atoms with E-state index in [0.717, 1.165) is 4.57 Å². The van der Waals surface area contributed by atoms with Crippen LogP contribution in [0.4, 0.5) is 5.69 Å². The standard InChI is InChI=1S/C13H15ClN4O3/c1-4-7-6-15-11-9(10(7)16-8(19)5-14)12(20)18(3)13(21)17(11)2/h6H,4-5H2,1-3H3,(H,15,16,19). The van der Waals surface area contributed by atoms with Gasteiger partial charge >= 0.3 is 5.69 Å². The Labute approximate surface area is 125 Å². The van der Waals surface area contributed by atoms with E-state index in [9.17, 15) is 14.4 Å². The molecule has 0 spiro atoms. The van der Waals surface area contributed by atoms with Gasteiger partial charge in [-0.1, -0.05) is 6.92 Å². The highest BCUT2D eigenvalue weighted by molar-refractivity contribution is 6.29. The van der Waals surface area contributed by atoms with E-state index in [1.54, 1.807) is 6.20 Å². The van der Waals surface area contributed by atoms with Gasteiger partial charge in [-0.05, 0) is 12.0 Å². The third-order valence-corrected chi connectivity index (χ3v) is 3.56. The van der Waals surface area contributed by atoms with Crippen LogP contribution in [-0.2, 0) is 25.3 Å². The molecule has 2 heterocycles. The molecule has 0 aliphatic carbocycles. The summed E-state index contributed by atoms with van der Waals surface area (Å²) in [5, 5.41) is 2.84. The van der Waals surface area contributed by atoms with E-state index in [-0.39, 0.29) is 16.9 Å². The van der Waals surface area contributed by atoms with Crippen molar-refractivity contribution in [2.75, 3.05) is 11.2 Å². The fourth-order valence-corrected chi connectivity index (χ4v) is 2.22. The first-order chi connectivity index (χ1) is 9.92. The van der Waals surface area contributed by atoms with Gasteiger partial charge in [0, 0.05) is 20.3 Å². The van der Waals surface area contributed by atoms with Crippen molar-refractivity contribution in [3.63, 3.8) is 0 Å². The lowest BCUT2D eigenvalue weighted by atomic mass is 10.1. The molecule has 112 valence electrons. The smallest absolute Gasteiger partial charge is 0.324 e. The number of rotatable bonds is 3. The summed E-state index contributed by atoms with van der Waals surface area (Å²) < 4.78 is 2.26. The molecular formula is C13H15ClN4O3. The third-order valence-electron chi connectivity index (χ3n) is 3.31. The first-order valence-electron chi connectivity index (χ1n) is 6.35. The maximum Gasteiger partial charge on any atom is 0.332 e. The monoisotopic (exact) mass is 310 g/mol. The lowest BCUT2D eigenvalue weighted by Crippen LogP contribution is -2.38. The number of pyridine rings is 1. The molecule has 8 heteroatoms. The molecule has 0 saturated carbocycles. The highest BCUT2D eigenvalue weighted by atomic mass is 35.5. The Balaban J connectivity index is 2.95. The van der Waals surface area contributed by atoms with Gasteiger partial charge in [-0.15, -0.1) is 11.6 Å². The summed E-state index contributed by atoms with van der Waals surface area (Å²) in [5.74, 6) is -0.645. The minimum absolute atomic E-state index is 0.206. The number of nitrogens with one attached hydrogen (secondary N) is 1. The summed E-state index contributed by atoms with van der Waals surface area (Å²) in [7, 11) is 2.91. The number of hydrogen-bond acceptors (Lipinski definition) is 4. The summed E-state index contributed by atoms with van der Waals surface area (Å²) in [6, 6.07) is 0. The molecule has 0 aromatic carbocycles. The van der Waals surface area contributed by atoms with Gasteiger partial charge in [-0.2, -0.15) is 0 Å². The van der Waals surface area contributed by atoms with Gasteiger partial charge in [-0.25, -0.2) is 9.78 Å². The predicted molar refractivity (Wildman–Crippen MR) is 81.0 cm³/mol. The number of carbonyl (C=O) groups is 1. The maximum absolute atomic E-state index is 12.4. The third kappa shape index (κ3) is 2.44. The van der Waals surface area contributed by atoms with E-state index >= 15 is 0 Å². The highest BCUT2D eigenvalue weighted by Crippen LogP contribution is 2.22. The summed E-state index contributed by atoms with van der Waals surface area (Å²) in [6.07, 6.45) is 2.12. The number of alkyl halides is 1. The lowest BCUT2D eigenvalue weighted by Gasteiger charge is -2.14. The molecule has 0 radical (unpaired) electrons. The number of fused-ring (bicyclic) bond motifs is 1. The fourth-order valence-electron chi connectivity index (χ4n) is 2.15. The van der Waals surface area contributed by atoms with Gasteiger partial charge in [0.2, 0.25) is 5.91 Å². The minimum Gasteiger partial charge on any atom is -0.324 e. The van der Waals surface area contributed by atoms with E-state index in [1.807, 2.05) is 6.92 Å². The SMILES string of the molecule is CCc1cnc2c(c1NC(=O)CCl)c(=O)n(C)c(=O)n2C. The van der Waals surface area contributed by atoms with Gasteiger partial charge < -0.3 is 5.32 Å². The first-order valence-corrected chi connectivity index (χ1v) is 6.89. The molecule has 0 fully saturated rings. The van der Waals surface area contributed by atoms with Crippen molar-refractivity contribution in [3.05, 3.63) is 32.6 Å². The van der Waals surface area contributed by atoms with Crippen LogP contribution in [0.2, 0.25) is 0 Å². The van der Waals surface area contributed by atoms with Crippen molar-refractivity contribution >= 4 is 34.2 Å². The Hall–Kier alpha value is -2.15. The molecular weight excluding hydrogens is 296 g/mol. The molecule has 2 aromatic rings. The van der Waals surface area contributed by atoms with Crippen LogP contribution in [0.25, 0.3) is 11.0 Å². The molecule has 0 aliphatic heterocycles. The maximum atomic E-state index is 12.4. The number of carbonyl (C=O) groups excluding carboxylic acids is 1. The lowest BCUT2D eigenvalue weighted by molar-refractivity contribution is -0.113. The summed E-state index contributed by atoms with van der Waals surface area (Å²) >= 11 is 5.51. The Bertz CT molecular complexity index is 838. The second kappa shape index (κ2) is 5.69. The van der Waals surface area contributed by atoms with Crippen molar-refractivity contribution in [2.24, 2.45) is 14.1 Å². The second-order valence-electron chi connectivity index (χ2n) is 4.60.